The topological polar surface area (TPSA) is 60.9 Å². The molecule has 0 spiro atoms. The molecule has 1 N–H and O–H groups in total. The molecule has 3 rings (SSSR count). The van der Waals surface area contributed by atoms with E-state index in [9.17, 15) is 23.5 Å². The third kappa shape index (κ3) is 2.77. The van der Waals surface area contributed by atoms with E-state index >= 15 is 0 Å². The molecule has 0 unspecified atom stereocenters. The van der Waals surface area contributed by atoms with Crippen LogP contribution in [0.4, 0.5) is 8.78 Å². The lowest BCUT2D eigenvalue weighted by atomic mass is 9.74. The zero-order valence-corrected chi connectivity index (χ0v) is 13.5. The van der Waals surface area contributed by atoms with Crippen LogP contribution in [-0.2, 0) is 4.79 Å². The number of nitrogens with zero attached hydrogens (tertiary/aromatic N) is 2. The predicted molar refractivity (Wildman–Crippen MR) is 82.1 cm³/mol. The van der Waals surface area contributed by atoms with Gasteiger partial charge in [0.2, 0.25) is 5.91 Å². The Bertz CT molecular complexity index is 682. The highest BCUT2D eigenvalue weighted by Crippen LogP contribution is 2.42. The van der Waals surface area contributed by atoms with Crippen LogP contribution in [0.3, 0.4) is 0 Å². The minimum Gasteiger partial charge on any atom is -0.396 e. The summed E-state index contributed by atoms with van der Waals surface area (Å²) in [5, 5.41) is 9.91. The maximum Gasteiger partial charge on any atom is 0.256 e. The molecule has 5 nitrogen and oxygen atoms in total. The van der Waals surface area contributed by atoms with E-state index in [1.807, 2.05) is 0 Å². The molecule has 0 aromatic heterocycles. The van der Waals surface area contributed by atoms with Gasteiger partial charge in [-0.25, -0.2) is 8.78 Å². The minimum absolute atomic E-state index is 0.0596. The highest BCUT2D eigenvalue weighted by atomic mass is 19.1. The molecule has 130 valence electrons. The largest absolute Gasteiger partial charge is 0.396 e. The van der Waals surface area contributed by atoms with Crippen molar-refractivity contribution in [2.45, 2.75) is 13.3 Å². The molecule has 0 aliphatic carbocycles. The molecule has 24 heavy (non-hydrogen) atoms. The molecule has 2 saturated heterocycles. The standard InChI is InChI=1S/C17H20F2N2O3/c1-11(23)20-5-4-12-7-21(9-17(12,8-20)10-22)16(24)14-3-2-13(18)6-15(14)19/h2-3,6,12,22H,4-5,7-10H2,1H3/t12-,17+/m0/s1. The van der Waals surface area contributed by atoms with Crippen LogP contribution in [0.5, 0.6) is 0 Å². The smallest absolute Gasteiger partial charge is 0.256 e. The van der Waals surface area contributed by atoms with E-state index in [0.717, 1.165) is 12.1 Å². The van der Waals surface area contributed by atoms with Gasteiger partial charge in [0.25, 0.3) is 5.91 Å². The maximum absolute atomic E-state index is 13.9. The molecule has 0 bridgehead atoms. The Kier molecular flexibility index (Phi) is 4.29. The molecule has 7 heteroatoms. The summed E-state index contributed by atoms with van der Waals surface area (Å²) in [5.74, 6) is -2.13. The summed E-state index contributed by atoms with van der Waals surface area (Å²) in [6, 6.07) is 2.89. The zero-order chi connectivity index (χ0) is 17.5. The number of benzene rings is 1. The first kappa shape index (κ1) is 16.8. The van der Waals surface area contributed by atoms with Crippen LogP contribution in [0.2, 0.25) is 0 Å². The number of carbonyl (C=O) groups excluding carboxylic acids is 2. The van der Waals surface area contributed by atoms with E-state index < -0.39 is 23.0 Å². The number of halogens is 2. The van der Waals surface area contributed by atoms with E-state index in [0.29, 0.717) is 32.1 Å². The highest BCUT2D eigenvalue weighted by molar-refractivity contribution is 5.94. The molecule has 2 aliphatic rings. The summed E-state index contributed by atoms with van der Waals surface area (Å²) in [7, 11) is 0. The molecule has 2 heterocycles. The van der Waals surface area contributed by atoms with Gasteiger partial charge in [0.15, 0.2) is 0 Å². The molecular weight excluding hydrogens is 318 g/mol. The lowest BCUT2D eigenvalue weighted by Crippen LogP contribution is -2.52. The molecule has 1 aromatic carbocycles. The van der Waals surface area contributed by atoms with Crippen LogP contribution in [-0.4, -0.2) is 59.5 Å². The number of hydrogen-bond donors (Lipinski definition) is 1. The second-order valence-corrected chi connectivity index (χ2v) is 6.76. The third-order valence-corrected chi connectivity index (χ3v) is 5.27. The van der Waals surface area contributed by atoms with E-state index in [2.05, 4.69) is 0 Å². The van der Waals surface area contributed by atoms with Gasteiger partial charge in [-0.3, -0.25) is 9.59 Å². The fourth-order valence-corrected chi connectivity index (χ4v) is 3.87. The van der Waals surface area contributed by atoms with Gasteiger partial charge in [-0.2, -0.15) is 0 Å². The monoisotopic (exact) mass is 338 g/mol. The lowest BCUT2D eigenvalue weighted by molar-refractivity contribution is -0.134. The quantitative estimate of drug-likeness (QED) is 0.883. The maximum atomic E-state index is 13.9. The Hall–Kier alpha value is -2.02. The van der Waals surface area contributed by atoms with Gasteiger partial charge in [0.1, 0.15) is 11.6 Å². The summed E-state index contributed by atoms with van der Waals surface area (Å²) in [6.07, 6.45) is 0.690. The van der Waals surface area contributed by atoms with Crippen molar-refractivity contribution in [2.75, 3.05) is 32.8 Å². The zero-order valence-electron chi connectivity index (χ0n) is 13.5. The number of aliphatic hydroxyl groups excluding tert-OH is 1. The summed E-state index contributed by atoms with van der Waals surface area (Å²) in [5.41, 5.74) is -0.748. The van der Waals surface area contributed by atoms with Gasteiger partial charge >= 0.3 is 0 Å². The number of rotatable bonds is 2. The number of carbonyl (C=O) groups is 2. The Balaban J connectivity index is 1.82. The Morgan fingerprint density at radius 1 is 1.29 bits per heavy atom. The van der Waals surface area contributed by atoms with Crippen LogP contribution in [0, 0.1) is 23.0 Å². The second-order valence-electron chi connectivity index (χ2n) is 6.76. The normalized spacial score (nSPS) is 26.4. The second kappa shape index (κ2) is 6.12. The minimum atomic E-state index is -0.890. The van der Waals surface area contributed by atoms with E-state index in [1.165, 1.54) is 11.8 Å². The van der Waals surface area contributed by atoms with Gasteiger partial charge in [-0.1, -0.05) is 0 Å². The Labute approximate surface area is 138 Å². The molecule has 1 aromatic rings. The number of amides is 2. The SMILES string of the molecule is CC(=O)N1CC[C@H]2CN(C(=O)c3ccc(F)cc3F)C[C@@]2(CO)C1. The van der Waals surface area contributed by atoms with Gasteiger partial charge in [-0.05, 0) is 24.5 Å². The van der Waals surface area contributed by atoms with Crippen molar-refractivity contribution < 1.29 is 23.5 Å². The van der Waals surface area contributed by atoms with Crippen molar-refractivity contribution in [2.24, 2.45) is 11.3 Å². The average Bonchev–Trinajstić information content (AvgIpc) is 2.93. The average molecular weight is 338 g/mol. The summed E-state index contributed by atoms with van der Waals surface area (Å²) in [6.45, 7) is 2.98. The first-order valence-electron chi connectivity index (χ1n) is 7.97. The van der Waals surface area contributed by atoms with Gasteiger partial charge < -0.3 is 14.9 Å². The van der Waals surface area contributed by atoms with Crippen LogP contribution in [0.15, 0.2) is 18.2 Å². The van der Waals surface area contributed by atoms with Crippen molar-refractivity contribution >= 4 is 11.8 Å². The van der Waals surface area contributed by atoms with Crippen LogP contribution >= 0.6 is 0 Å². The number of piperidine rings is 1. The van der Waals surface area contributed by atoms with Crippen molar-refractivity contribution in [3.8, 4) is 0 Å². The third-order valence-electron chi connectivity index (χ3n) is 5.27. The first-order chi connectivity index (χ1) is 11.4. The van der Waals surface area contributed by atoms with Gasteiger partial charge in [0.05, 0.1) is 12.2 Å². The Morgan fingerprint density at radius 3 is 2.62 bits per heavy atom. The van der Waals surface area contributed by atoms with Crippen LogP contribution in [0.1, 0.15) is 23.7 Å². The van der Waals surface area contributed by atoms with E-state index in [-0.39, 0.29) is 30.5 Å². The van der Waals surface area contributed by atoms with Crippen molar-refractivity contribution in [1.29, 1.82) is 0 Å². The molecule has 0 radical (unpaired) electrons. The van der Waals surface area contributed by atoms with Gasteiger partial charge in [-0.15, -0.1) is 0 Å². The summed E-state index contributed by atoms with van der Waals surface area (Å²) in [4.78, 5) is 27.4. The lowest BCUT2D eigenvalue weighted by Gasteiger charge is -2.42. The Morgan fingerprint density at radius 2 is 2.00 bits per heavy atom. The summed E-state index contributed by atoms with van der Waals surface area (Å²) < 4.78 is 26.9. The van der Waals surface area contributed by atoms with Gasteiger partial charge in [0, 0.05) is 44.6 Å². The van der Waals surface area contributed by atoms with Crippen molar-refractivity contribution in [3.63, 3.8) is 0 Å². The first-order valence-corrected chi connectivity index (χ1v) is 7.97. The van der Waals surface area contributed by atoms with Crippen LogP contribution in [0.25, 0.3) is 0 Å². The molecule has 2 aliphatic heterocycles. The van der Waals surface area contributed by atoms with E-state index in [4.69, 9.17) is 0 Å². The summed E-state index contributed by atoms with van der Waals surface area (Å²) >= 11 is 0. The van der Waals surface area contributed by atoms with Crippen molar-refractivity contribution in [1.82, 2.24) is 9.80 Å². The number of aliphatic hydroxyl groups is 1. The fourth-order valence-electron chi connectivity index (χ4n) is 3.87. The van der Waals surface area contributed by atoms with Crippen LogP contribution < -0.4 is 0 Å². The number of fused-ring (bicyclic) bond motifs is 1. The number of likely N-dealkylation sites (tertiary alicyclic amines) is 2. The molecule has 0 saturated carbocycles. The number of hydrogen-bond acceptors (Lipinski definition) is 3. The molecule has 2 atom stereocenters. The van der Waals surface area contributed by atoms with Crippen molar-refractivity contribution in [3.05, 3.63) is 35.4 Å². The predicted octanol–water partition coefficient (Wildman–Crippen LogP) is 1.27. The fraction of sp³-hybridized carbons (Fsp3) is 0.529. The van der Waals surface area contributed by atoms with E-state index in [1.54, 1.807) is 4.90 Å². The highest BCUT2D eigenvalue weighted by Gasteiger charge is 2.51. The molecular formula is C17H20F2N2O3. The molecule has 2 fully saturated rings. The molecule has 2 amide bonds.